The Morgan fingerprint density at radius 1 is 1.00 bits per heavy atom. The summed E-state index contributed by atoms with van der Waals surface area (Å²) in [7, 11) is -0.845. The zero-order valence-corrected chi connectivity index (χ0v) is 21.2. The first-order valence-electron chi connectivity index (χ1n) is 10.5. The lowest BCUT2D eigenvalue weighted by atomic mass is 10.0. The minimum atomic E-state index is -4.79. The first-order chi connectivity index (χ1) is 18.0. The number of sulfone groups is 1. The molecule has 1 aromatic heterocycles. The summed E-state index contributed by atoms with van der Waals surface area (Å²) in [5.74, 6) is -1.18. The number of carbonyl (C=O) groups is 1. The second-order valence-electron chi connectivity index (χ2n) is 7.65. The van der Waals surface area contributed by atoms with Gasteiger partial charge in [0.15, 0.2) is 11.5 Å². The van der Waals surface area contributed by atoms with Crippen LogP contribution in [0.2, 0.25) is 0 Å². The molecular formula is C23H21F6N3O6S. The first kappa shape index (κ1) is 31.3. The van der Waals surface area contributed by atoms with Gasteiger partial charge in [-0.05, 0) is 42.9 Å². The lowest BCUT2D eigenvalue weighted by molar-refractivity contribution is -0.143. The molecule has 0 aliphatic carbocycles. The normalized spacial score (nSPS) is 11.8. The molecular weight excluding hydrogens is 560 g/mol. The molecule has 0 unspecified atom stereocenters. The van der Waals surface area contributed by atoms with Gasteiger partial charge in [-0.3, -0.25) is 0 Å². The molecule has 0 bridgehead atoms. The van der Waals surface area contributed by atoms with E-state index in [1.165, 1.54) is 20.2 Å². The molecule has 0 aliphatic rings. The van der Waals surface area contributed by atoms with Gasteiger partial charge in [-0.25, -0.2) is 18.2 Å². The van der Waals surface area contributed by atoms with Crippen LogP contribution in [0.5, 0.6) is 17.4 Å². The monoisotopic (exact) mass is 581 g/mol. The van der Waals surface area contributed by atoms with Crippen LogP contribution in [-0.2, 0) is 28.7 Å². The van der Waals surface area contributed by atoms with Crippen molar-refractivity contribution in [2.24, 2.45) is 0 Å². The molecule has 16 heteroatoms. The molecule has 0 saturated heterocycles. The molecule has 2 N–H and O–H groups in total. The molecule has 212 valence electrons. The fraction of sp³-hybridized carbons (Fsp3) is 0.261. The number of benzene rings is 2. The van der Waals surface area contributed by atoms with Gasteiger partial charge in [0.25, 0.3) is 0 Å². The smallest absolute Gasteiger partial charge is 0.416 e. The van der Waals surface area contributed by atoms with Crippen molar-refractivity contribution in [2.75, 3.05) is 20.4 Å². The Morgan fingerprint density at radius 3 is 1.97 bits per heavy atom. The molecule has 3 aromatic rings. The number of halogens is 6. The van der Waals surface area contributed by atoms with E-state index in [1.807, 2.05) is 0 Å². The van der Waals surface area contributed by atoms with Crippen LogP contribution < -0.4 is 14.8 Å². The van der Waals surface area contributed by atoms with Crippen LogP contribution in [0.3, 0.4) is 0 Å². The van der Waals surface area contributed by atoms with Gasteiger partial charge in [-0.2, -0.15) is 31.3 Å². The Hall–Kier alpha value is -3.92. The van der Waals surface area contributed by atoms with Crippen molar-refractivity contribution < 1.29 is 54.1 Å². The Balaban J connectivity index is 0.000000283. The predicted octanol–water partition coefficient (Wildman–Crippen LogP) is 4.82. The average molecular weight is 581 g/mol. The molecule has 9 nitrogen and oxygen atoms in total. The van der Waals surface area contributed by atoms with Crippen molar-refractivity contribution in [2.45, 2.75) is 24.1 Å². The Kier molecular flexibility index (Phi) is 9.87. The number of carboxylic acids is 1. The number of rotatable bonds is 7. The molecule has 0 atom stereocenters. The van der Waals surface area contributed by atoms with Gasteiger partial charge in [0.1, 0.15) is 5.56 Å². The highest BCUT2D eigenvalue weighted by atomic mass is 32.2. The third kappa shape index (κ3) is 8.81. The van der Waals surface area contributed by atoms with Crippen molar-refractivity contribution in [3.8, 4) is 17.4 Å². The molecule has 3 rings (SSSR count). The summed E-state index contributed by atoms with van der Waals surface area (Å²) in [6.45, 7) is -0.0625. The third-order valence-corrected chi connectivity index (χ3v) is 5.46. The highest BCUT2D eigenvalue weighted by molar-refractivity contribution is 7.90. The van der Waals surface area contributed by atoms with Crippen LogP contribution in [0.25, 0.3) is 0 Å². The van der Waals surface area contributed by atoms with E-state index in [2.05, 4.69) is 15.3 Å². The summed E-state index contributed by atoms with van der Waals surface area (Å²) < 4.78 is 108. The summed E-state index contributed by atoms with van der Waals surface area (Å²) in [6.07, 6.45) is -7.78. The molecule has 0 radical (unpaired) electrons. The summed E-state index contributed by atoms with van der Waals surface area (Å²) >= 11 is 0. The van der Waals surface area contributed by atoms with Crippen LogP contribution in [-0.4, -0.2) is 49.9 Å². The Morgan fingerprint density at radius 2 is 1.54 bits per heavy atom. The standard InChI is InChI=1S/C13H12N2O6S.C10H9F6N/c1-20-9-5-3-4-6-10(9)21-11-8(12(16)17)7-14-13(15-11)22(2,18)19;1-17-5-6-2-7(9(11,12)13)4-8(3-6)10(14,15)16/h3-7H,1-2H3,(H,16,17);2-4,17H,5H2,1H3. The van der Waals surface area contributed by atoms with E-state index in [1.54, 1.807) is 18.2 Å². The summed E-state index contributed by atoms with van der Waals surface area (Å²) in [5.41, 5.74) is -3.01. The fourth-order valence-electron chi connectivity index (χ4n) is 2.89. The van der Waals surface area contributed by atoms with Crippen molar-refractivity contribution in [1.82, 2.24) is 15.3 Å². The molecule has 0 amide bonds. The molecule has 0 fully saturated rings. The van der Waals surface area contributed by atoms with Crippen molar-refractivity contribution in [3.63, 3.8) is 0 Å². The first-order valence-corrected chi connectivity index (χ1v) is 12.4. The minimum absolute atomic E-state index is 0.0605. The van der Waals surface area contributed by atoms with Crippen LogP contribution in [0.4, 0.5) is 26.3 Å². The molecule has 0 aliphatic heterocycles. The number of ether oxygens (including phenoxy) is 2. The predicted molar refractivity (Wildman–Crippen MR) is 124 cm³/mol. The minimum Gasteiger partial charge on any atom is -0.493 e. The van der Waals surface area contributed by atoms with Crippen LogP contribution >= 0.6 is 0 Å². The van der Waals surface area contributed by atoms with Crippen LogP contribution in [0.1, 0.15) is 27.0 Å². The number of alkyl halides is 6. The van der Waals surface area contributed by atoms with Crippen molar-refractivity contribution >= 4 is 15.8 Å². The third-order valence-electron chi connectivity index (χ3n) is 4.60. The van der Waals surface area contributed by atoms with Gasteiger partial charge in [0.05, 0.1) is 24.4 Å². The van der Waals surface area contributed by atoms with Gasteiger partial charge < -0.3 is 19.9 Å². The van der Waals surface area contributed by atoms with E-state index in [9.17, 15) is 39.6 Å². The lowest BCUT2D eigenvalue weighted by Crippen LogP contribution is -2.14. The maximum Gasteiger partial charge on any atom is 0.416 e. The van der Waals surface area contributed by atoms with Gasteiger partial charge in [-0.15, -0.1) is 0 Å². The van der Waals surface area contributed by atoms with Crippen LogP contribution in [0, 0.1) is 0 Å². The van der Waals surface area contributed by atoms with Gasteiger partial charge in [0, 0.05) is 12.8 Å². The number of nitrogens with one attached hydrogen (secondary N) is 1. The number of carboxylic acid groups (broad SMARTS) is 1. The van der Waals surface area contributed by atoms with Crippen molar-refractivity contribution in [3.05, 3.63) is 70.9 Å². The van der Waals surface area contributed by atoms with E-state index < -0.39 is 44.4 Å². The Bertz CT molecular complexity index is 1400. The molecule has 0 spiro atoms. The number of para-hydroxylation sites is 2. The second kappa shape index (κ2) is 12.3. The lowest BCUT2D eigenvalue weighted by Gasteiger charge is -2.13. The van der Waals surface area contributed by atoms with E-state index in [0.717, 1.165) is 12.5 Å². The maximum absolute atomic E-state index is 12.4. The SMILES string of the molecule is CNCc1cc(C(F)(F)F)cc(C(F)(F)F)c1.COc1ccccc1Oc1nc(S(C)(=O)=O)ncc1C(=O)O. The van der Waals surface area contributed by atoms with E-state index in [0.29, 0.717) is 17.9 Å². The number of hydrogen-bond acceptors (Lipinski definition) is 8. The van der Waals surface area contributed by atoms with Gasteiger partial charge >= 0.3 is 18.3 Å². The second-order valence-corrected chi connectivity index (χ2v) is 9.56. The van der Waals surface area contributed by atoms with E-state index in [-0.39, 0.29) is 35.4 Å². The fourth-order valence-corrected chi connectivity index (χ4v) is 3.38. The summed E-state index contributed by atoms with van der Waals surface area (Å²) in [4.78, 5) is 18.4. The Labute approximate surface area is 218 Å². The zero-order chi connectivity index (χ0) is 29.6. The van der Waals surface area contributed by atoms with Crippen LogP contribution in [0.15, 0.2) is 53.8 Å². The topological polar surface area (TPSA) is 128 Å². The number of methoxy groups -OCH3 is 1. The van der Waals surface area contributed by atoms with E-state index >= 15 is 0 Å². The van der Waals surface area contributed by atoms with E-state index in [4.69, 9.17) is 14.6 Å². The molecule has 39 heavy (non-hydrogen) atoms. The number of aromatic nitrogens is 2. The van der Waals surface area contributed by atoms with Gasteiger partial charge in [-0.1, -0.05) is 12.1 Å². The number of hydrogen-bond donors (Lipinski definition) is 2. The van der Waals surface area contributed by atoms with Gasteiger partial charge in [0.2, 0.25) is 20.9 Å². The van der Waals surface area contributed by atoms with Crippen molar-refractivity contribution in [1.29, 1.82) is 0 Å². The highest BCUT2D eigenvalue weighted by Gasteiger charge is 2.36. The number of nitrogens with zero attached hydrogens (tertiary/aromatic N) is 2. The molecule has 1 heterocycles. The summed E-state index contributed by atoms with van der Waals surface area (Å²) in [5, 5.41) is 11.1. The highest BCUT2D eigenvalue weighted by Crippen LogP contribution is 2.36. The quantitative estimate of drug-likeness (QED) is 0.298. The summed E-state index contributed by atoms with van der Waals surface area (Å²) in [6, 6.07) is 8.00. The largest absolute Gasteiger partial charge is 0.493 e. The molecule has 2 aromatic carbocycles. The number of aromatic carboxylic acids is 1. The molecule has 0 saturated carbocycles. The maximum atomic E-state index is 12.4. The zero-order valence-electron chi connectivity index (χ0n) is 20.4. The average Bonchev–Trinajstić information content (AvgIpc) is 2.83.